The van der Waals surface area contributed by atoms with Crippen LogP contribution in [-0.2, 0) is 5.92 Å². The first-order chi connectivity index (χ1) is 6.95. The number of hydrogen-bond acceptors (Lipinski definition) is 1. The lowest BCUT2D eigenvalue weighted by Crippen LogP contribution is -2.06. The molecule has 0 spiro atoms. The summed E-state index contributed by atoms with van der Waals surface area (Å²) in [5.74, 6) is -2.80. The Morgan fingerprint density at radius 3 is 2.27 bits per heavy atom. The molecule has 80 valence electrons. The minimum atomic E-state index is -2.80. The second-order valence-electron chi connectivity index (χ2n) is 3.30. The fraction of sp³-hybridized carbons (Fsp3) is 0.250. The summed E-state index contributed by atoms with van der Waals surface area (Å²) in [5.41, 5.74) is 1.32. The molecule has 0 aliphatic rings. The molecule has 0 atom stereocenters. The number of aliphatic imine (C=N–C) groups is 1. The van der Waals surface area contributed by atoms with Crippen molar-refractivity contribution in [3.05, 3.63) is 42.0 Å². The molecule has 1 aromatic carbocycles. The first-order valence-electron chi connectivity index (χ1n) is 4.61. The summed E-state index contributed by atoms with van der Waals surface area (Å²) in [7, 11) is 0. The summed E-state index contributed by atoms with van der Waals surface area (Å²) in [6.07, 6.45) is 1.62. The molecule has 1 nitrogen and oxygen atoms in total. The molecule has 0 heterocycles. The minimum Gasteiger partial charge on any atom is -0.262 e. The van der Waals surface area contributed by atoms with Crippen molar-refractivity contribution in [2.75, 3.05) is 0 Å². The predicted octanol–water partition coefficient (Wildman–Crippen LogP) is 3.86. The highest BCUT2D eigenvalue weighted by atomic mass is 19.3. The fourth-order valence-electron chi connectivity index (χ4n) is 1.19. The van der Waals surface area contributed by atoms with Crippen LogP contribution in [-0.4, -0.2) is 6.21 Å². The molecule has 0 unspecified atom stereocenters. The number of alkyl halides is 2. The molecule has 1 aromatic rings. The van der Waals surface area contributed by atoms with E-state index in [0.717, 1.165) is 12.5 Å². The number of rotatable bonds is 3. The van der Waals surface area contributed by atoms with Crippen LogP contribution in [0.1, 0.15) is 25.0 Å². The van der Waals surface area contributed by atoms with Gasteiger partial charge in [0.1, 0.15) is 0 Å². The third-order valence-corrected chi connectivity index (χ3v) is 2.01. The van der Waals surface area contributed by atoms with E-state index in [0.29, 0.717) is 5.70 Å². The van der Waals surface area contributed by atoms with Crippen molar-refractivity contribution in [3.63, 3.8) is 0 Å². The smallest absolute Gasteiger partial charge is 0.262 e. The van der Waals surface area contributed by atoms with E-state index in [1.807, 2.05) is 0 Å². The maximum Gasteiger partial charge on any atom is 0.270 e. The summed E-state index contributed by atoms with van der Waals surface area (Å²) in [6, 6.07) is 5.99. The van der Waals surface area contributed by atoms with Crippen molar-refractivity contribution in [2.45, 2.75) is 19.8 Å². The second kappa shape index (κ2) is 4.34. The van der Waals surface area contributed by atoms with Crippen LogP contribution in [0.5, 0.6) is 0 Å². The molecule has 0 bridgehead atoms. The molecule has 0 N–H and O–H groups in total. The van der Waals surface area contributed by atoms with Gasteiger partial charge in [0.05, 0.1) is 5.70 Å². The number of benzene rings is 1. The van der Waals surface area contributed by atoms with Crippen LogP contribution >= 0.6 is 0 Å². The molecule has 3 heteroatoms. The van der Waals surface area contributed by atoms with Crippen molar-refractivity contribution in [1.29, 1.82) is 0 Å². The molecule has 0 aliphatic heterocycles. The van der Waals surface area contributed by atoms with Crippen molar-refractivity contribution in [3.8, 4) is 0 Å². The van der Waals surface area contributed by atoms with Crippen LogP contribution in [0, 0.1) is 0 Å². The number of nitrogens with zero attached hydrogens (tertiary/aromatic N) is 1. The quantitative estimate of drug-likeness (QED) is 0.670. The predicted molar refractivity (Wildman–Crippen MR) is 59.2 cm³/mol. The monoisotopic (exact) mass is 209 g/mol. The van der Waals surface area contributed by atoms with E-state index in [2.05, 4.69) is 11.6 Å². The molecule has 0 radical (unpaired) electrons. The van der Waals surface area contributed by atoms with Crippen LogP contribution < -0.4 is 0 Å². The van der Waals surface area contributed by atoms with E-state index in [1.165, 1.54) is 12.1 Å². The normalized spacial score (nSPS) is 12.0. The summed E-state index contributed by atoms with van der Waals surface area (Å²) < 4.78 is 25.8. The zero-order chi connectivity index (χ0) is 11.5. The van der Waals surface area contributed by atoms with Gasteiger partial charge >= 0.3 is 0 Å². The van der Waals surface area contributed by atoms with E-state index in [9.17, 15) is 8.78 Å². The molecule has 0 amide bonds. The average Bonchev–Trinajstić information content (AvgIpc) is 2.17. The standard InChI is InChI=1S/C12H13F2N/c1-4-15-9(2)10-5-7-11(8-6-10)12(3,13)14/h4-8H,2H2,1,3H3. The average molecular weight is 209 g/mol. The van der Waals surface area contributed by atoms with E-state index >= 15 is 0 Å². The maximum absolute atomic E-state index is 12.9. The van der Waals surface area contributed by atoms with E-state index < -0.39 is 5.92 Å². The maximum atomic E-state index is 12.9. The summed E-state index contributed by atoms with van der Waals surface area (Å²) in [6.45, 7) is 6.37. The highest BCUT2D eigenvalue weighted by molar-refractivity contribution is 5.71. The third-order valence-electron chi connectivity index (χ3n) is 2.01. The largest absolute Gasteiger partial charge is 0.270 e. The molecule has 0 fully saturated rings. The molecule has 0 aliphatic carbocycles. The van der Waals surface area contributed by atoms with Gasteiger partial charge in [-0.05, 0) is 12.5 Å². The van der Waals surface area contributed by atoms with Crippen molar-refractivity contribution in [1.82, 2.24) is 0 Å². The fourth-order valence-corrected chi connectivity index (χ4v) is 1.19. The SMILES string of the molecule is C=C(N=CC)c1ccc(C(C)(F)F)cc1. The van der Waals surface area contributed by atoms with Crippen molar-refractivity contribution >= 4 is 11.9 Å². The van der Waals surface area contributed by atoms with Crippen LogP contribution in [0.4, 0.5) is 8.78 Å². The van der Waals surface area contributed by atoms with Gasteiger partial charge in [-0.2, -0.15) is 0 Å². The van der Waals surface area contributed by atoms with Gasteiger partial charge in [-0.1, -0.05) is 30.8 Å². The Bertz CT molecular complexity index is 372. The molecular formula is C12H13F2N. The third kappa shape index (κ3) is 2.98. The molecule has 1 rings (SSSR count). The first-order valence-corrected chi connectivity index (χ1v) is 4.61. The van der Waals surface area contributed by atoms with Crippen molar-refractivity contribution in [2.24, 2.45) is 4.99 Å². The van der Waals surface area contributed by atoms with Crippen LogP contribution in [0.25, 0.3) is 5.70 Å². The Morgan fingerprint density at radius 2 is 1.87 bits per heavy atom. The number of halogens is 2. The molecule has 15 heavy (non-hydrogen) atoms. The Labute approximate surface area is 88.2 Å². The minimum absolute atomic E-state index is 0.000437. The van der Waals surface area contributed by atoms with Gasteiger partial charge in [-0.3, -0.25) is 4.99 Å². The molecule has 0 saturated carbocycles. The topological polar surface area (TPSA) is 12.4 Å². The van der Waals surface area contributed by atoms with Gasteiger partial charge in [0.25, 0.3) is 5.92 Å². The van der Waals surface area contributed by atoms with Gasteiger partial charge in [0.2, 0.25) is 0 Å². The van der Waals surface area contributed by atoms with Crippen LogP contribution in [0.15, 0.2) is 35.8 Å². The van der Waals surface area contributed by atoms with Gasteiger partial charge in [-0.15, -0.1) is 0 Å². The molecular weight excluding hydrogens is 196 g/mol. The highest BCUT2D eigenvalue weighted by Crippen LogP contribution is 2.27. The van der Waals surface area contributed by atoms with Crippen LogP contribution in [0.3, 0.4) is 0 Å². The molecule has 0 aromatic heterocycles. The number of hydrogen-bond donors (Lipinski definition) is 0. The summed E-state index contributed by atoms with van der Waals surface area (Å²) in [4.78, 5) is 3.98. The van der Waals surface area contributed by atoms with E-state index in [1.54, 1.807) is 25.3 Å². The van der Waals surface area contributed by atoms with E-state index in [-0.39, 0.29) is 5.56 Å². The summed E-state index contributed by atoms with van der Waals surface area (Å²) >= 11 is 0. The second-order valence-corrected chi connectivity index (χ2v) is 3.30. The van der Waals surface area contributed by atoms with Gasteiger partial charge < -0.3 is 0 Å². The lowest BCUT2D eigenvalue weighted by atomic mass is 10.1. The Balaban J connectivity index is 2.95. The van der Waals surface area contributed by atoms with Crippen LogP contribution in [0.2, 0.25) is 0 Å². The summed E-state index contributed by atoms with van der Waals surface area (Å²) in [5, 5.41) is 0. The lowest BCUT2D eigenvalue weighted by Gasteiger charge is -2.10. The van der Waals surface area contributed by atoms with Gasteiger partial charge in [0.15, 0.2) is 0 Å². The Hall–Kier alpha value is -1.51. The van der Waals surface area contributed by atoms with Gasteiger partial charge in [0, 0.05) is 18.7 Å². The Kier molecular flexibility index (Phi) is 3.35. The Morgan fingerprint density at radius 1 is 1.33 bits per heavy atom. The zero-order valence-electron chi connectivity index (χ0n) is 8.80. The van der Waals surface area contributed by atoms with Gasteiger partial charge in [-0.25, -0.2) is 8.78 Å². The lowest BCUT2D eigenvalue weighted by molar-refractivity contribution is 0.0175. The zero-order valence-corrected chi connectivity index (χ0v) is 8.80. The van der Waals surface area contributed by atoms with E-state index in [4.69, 9.17) is 0 Å². The highest BCUT2D eigenvalue weighted by Gasteiger charge is 2.23. The van der Waals surface area contributed by atoms with Crippen molar-refractivity contribution < 1.29 is 8.78 Å². The molecule has 0 saturated heterocycles. The first kappa shape index (κ1) is 11.6.